The highest BCUT2D eigenvalue weighted by atomic mass is 32.2. The predicted molar refractivity (Wildman–Crippen MR) is 116 cm³/mol. The fraction of sp³-hybridized carbons (Fsp3) is 0.429. The van der Waals surface area contributed by atoms with Crippen LogP contribution >= 0.6 is 11.8 Å². The standard InChI is InChI=1S/C21H28N4O2S/c1-3-22-21(25-17-10-11-18(13-17)28-2)23-14-15-6-8-16(9-7-15)24-20(26)19-5-4-12-27-19/h4-9,12,17-18H,3,10-11,13-14H2,1-2H3,(H,24,26)(H2,22,23,25). The number of nitrogens with zero attached hydrogens (tertiary/aromatic N) is 1. The maximum Gasteiger partial charge on any atom is 0.291 e. The SMILES string of the molecule is CCNC(=NCc1ccc(NC(=O)c2ccco2)cc1)NC1CCC(SC)C1. The minimum Gasteiger partial charge on any atom is -0.459 e. The zero-order valence-electron chi connectivity index (χ0n) is 16.4. The molecule has 6 nitrogen and oxygen atoms in total. The Labute approximate surface area is 170 Å². The van der Waals surface area contributed by atoms with Gasteiger partial charge in [-0.05, 0) is 62.3 Å². The number of benzene rings is 1. The summed E-state index contributed by atoms with van der Waals surface area (Å²) in [5.41, 5.74) is 1.81. The van der Waals surface area contributed by atoms with Crippen LogP contribution in [-0.4, -0.2) is 36.0 Å². The van der Waals surface area contributed by atoms with Gasteiger partial charge < -0.3 is 20.4 Å². The van der Waals surface area contributed by atoms with Gasteiger partial charge in [0.1, 0.15) is 0 Å². The molecule has 1 amide bonds. The Hall–Kier alpha value is -2.41. The van der Waals surface area contributed by atoms with Gasteiger partial charge in [0.15, 0.2) is 11.7 Å². The molecule has 1 aliphatic carbocycles. The van der Waals surface area contributed by atoms with Crippen LogP contribution in [0, 0.1) is 0 Å². The normalized spacial score (nSPS) is 19.4. The van der Waals surface area contributed by atoms with Crippen LogP contribution < -0.4 is 16.0 Å². The summed E-state index contributed by atoms with van der Waals surface area (Å²) in [6.07, 6.45) is 7.32. The molecule has 3 rings (SSSR count). The molecule has 1 heterocycles. The van der Waals surface area contributed by atoms with Crippen molar-refractivity contribution in [3.05, 3.63) is 54.0 Å². The molecule has 0 spiro atoms. The maximum atomic E-state index is 12.0. The highest BCUT2D eigenvalue weighted by Gasteiger charge is 2.24. The van der Waals surface area contributed by atoms with Crippen molar-refractivity contribution in [2.45, 2.75) is 44.0 Å². The summed E-state index contributed by atoms with van der Waals surface area (Å²) >= 11 is 1.96. The summed E-state index contributed by atoms with van der Waals surface area (Å²) in [5, 5.41) is 10.5. The van der Waals surface area contributed by atoms with E-state index in [-0.39, 0.29) is 5.91 Å². The largest absolute Gasteiger partial charge is 0.459 e. The molecule has 2 unspecified atom stereocenters. The lowest BCUT2D eigenvalue weighted by Crippen LogP contribution is -2.42. The Morgan fingerprint density at radius 2 is 2.07 bits per heavy atom. The summed E-state index contributed by atoms with van der Waals surface area (Å²) in [6, 6.07) is 11.5. The van der Waals surface area contributed by atoms with Gasteiger partial charge >= 0.3 is 0 Å². The van der Waals surface area contributed by atoms with Crippen molar-refractivity contribution in [1.82, 2.24) is 10.6 Å². The third kappa shape index (κ3) is 5.79. The van der Waals surface area contributed by atoms with E-state index in [1.165, 1.54) is 25.5 Å². The van der Waals surface area contributed by atoms with E-state index in [0.717, 1.165) is 29.0 Å². The van der Waals surface area contributed by atoms with Crippen molar-refractivity contribution >= 4 is 29.3 Å². The molecular weight excluding hydrogens is 372 g/mol. The smallest absolute Gasteiger partial charge is 0.291 e. The van der Waals surface area contributed by atoms with Gasteiger partial charge in [0, 0.05) is 23.5 Å². The Balaban J connectivity index is 1.54. The van der Waals surface area contributed by atoms with Crippen LogP contribution in [0.25, 0.3) is 0 Å². The van der Waals surface area contributed by atoms with Crippen LogP contribution in [0.1, 0.15) is 42.3 Å². The molecule has 3 N–H and O–H groups in total. The number of rotatable bonds is 7. The summed E-state index contributed by atoms with van der Waals surface area (Å²) in [5.74, 6) is 0.907. The van der Waals surface area contributed by atoms with E-state index in [1.54, 1.807) is 12.1 Å². The molecule has 150 valence electrons. The summed E-state index contributed by atoms with van der Waals surface area (Å²) in [7, 11) is 0. The van der Waals surface area contributed by atoms with Crippen molar-refractivity contribution in [2.24, 2.45) is 4.99 Å². The van der Waals surface area contributed by atoms with Gasteiger partial charge in [-0.25, -0.2) is 4.99 Å². The number of nitrogens with one attached hydrogen (secondary N) is 3. The van der Waals surface area contributed by atoms with Crippen LogP contribution in [0.5, 0.6) is 0 Å². The highest BCUT2D eigenvalue weighted by molar-refractivity contribution is 7.99. The molecule has 0 aliphatic heterocycles. The molecular formula is C21H28N4O2S. The lowest BCUT2D eigenvalue weighted by Gasteiger charge is -2.17. The highest BCUT2D eigenvalue weighted by Crippen LogP contribution is 2.28. The van der Waals surface area contributed by atoms with Crippen LogP contribution in [0.15, 0.2) is 52.1 Å². The Morgan fingerprint density at radius 3 is 2.71 bits per heavy atom. The van der Waals surface area contributed by atoms with Crippen LogP contribution in [0.3, 0.4) is 0 Å². The number of guanidine groups is 1. The second kappa shape index (κ2) is 10.2. The van der Waals surface area contributed by atoms with Gasteiger partial charge in [-0.2, -0.15) is 11.8 Å². The van der Waals surface area contributed by atoms with E-state index in [1.807, 2.05) is 36.0 Å². The Bertz CT molecular complexity index is 774. The molecule has 0 radical (unpaired) electrons. The maximum absolute atomic E-state index is 12.0. The fourth-order valence-corrected chi connectivity index (χ4v) is 4.06. The molecule has 1 aliphatic rings. The Morgan fingerprint density at radius 1 is 1.25 bits per heavy atom. The number of hydrogen-bond acceptors (Lipinski definition) is 4. The van der Waals surface area contributed by atoms with Crippen LogP contribution in [-0.2, 0) is 6.54 Å². The monoisotopic (exact) mass is 400 g/mol. The molecule has 28 heavy (non-hydrogen) atoms. The molecule has 7 heteroatoms. The van der Waals surface area contributed by atoms with Crippen LogP contribution in [0.2, 0.25) is 0 Å². The second-order valence-corrected chi connectivity index (χ2v) is 7.97. The third-order valence-electron chi connectivity index (χ3n) is 4.78. The molecule has 1 aromatic heterocycles. The number of aliphatic imine (C=N–C) groups is 1. The van der Waals surface area contributed by atoms with E-state index >= 15 is 0 Å². The van der Waals surface area contributed by atoms with E-state index < -0.39 is 0 Å². The van der Waals surface area contributed by atoms with Gasteiger partial charge in [0.25, 0.3) is 5.91 Å². The van der Waals surface area contributed by atoms with E-state index in [9.17, 15) is 4.79 Å². The summed E-state index contributed by atoms with van der Waals surface area (Å²) < 4.78 is 5.10. The summed E-state index contributed by atoms with van der Waals surface area (Å²) in [6.45, 7) is 3.50. The zero-order valence-corrected chi connectivity index (χ0v) is 17.2. The number of carbonyl (C=O) groups excluding carboxylic acids is 1. The average Bonchev–Trinajstić information content (AvgIpc) is 3.39. The van der Waals surface area contributed by atoms with Gasteiger partial charge in [-0.15, -0.1) is 0 Å². The lowest BCUT2D eigenvalue weighted by molar-refractivity contribution is 0.0996. The fourth-order valence-electron chi connectivity index (χ4n) is 3.26. The molecule has 2 atom stereocenters. The molecule has 2 aromatic rings. The molecule has 1 saturated carbocycles. The van der Waals surface area contributed by atoms with Crippen molar-refractivity contribution in [3.63, 3.8) is 0 Å². The first kappa shape index (κ1) is 20.3. The molecule has 0 bridgehead atoms. The number of hydrogen-bond donors (Lipinski definition) is 3. The van der Waals surface area contributed by atoms with Gasteiger partial charge in [0.05, 0.1) is 12.8 Å². The third-order valence-corrected chi connectivity index (χ3v) is 5.87. The van der Waals surface area contributed by atoms with Gasteiger partial charge in [0.2, 0.25) is 0 Å². The van der Waals surface area contributed by atoms with E-state index in [2.05, 4.69) is 29.1 Å². The molecule has 0 saturated heterocycles. The molecule has 1 aromatic carbocycles. The number of furan rings is 1. The van der Waals surface area contributed by atoms with Crippen molar-refractivity contribution in [1.29, 1.82) is 0 Å². The van der Waals surface area contributed by atoms with Gasteiger partial charge in [-0.3, -0.25) is 4.79 Å². The first-order chi connectivity index (χ1) is 13.7. The topological polar surface area (TPSA) is 78.7 Å². The van der Waals surface area contributed by atoms with E-state index in [4.69, 9.17) is 9.41 Å². The van der Waals surface area contributed by atoms with Crippen molar-refractivity contribution in [2.75, 3.05) is 18.1 Å². The predicted octanol–water partition coefficient (Wildman–Crippen LogP) is 3.87. The quantitative estimate of drug-likeness (QED) is 0.486. The van der Waals surface area contributed by atoms with Gasteiger partial charge in [-0.1, -0.05) is 12.1 Å². The van der Waals surface area contributed by atoms with E-state index in [0.29, 0.717) is 18.3 Å². The second-order valence-electron chi connectivity index (χ2n) is 6.84. The first-order valence-electron chi connectivity index (χ1n) is 9.69. The van der Waals surface area contributed by atoms with Crippen molar-refractivity contribution in [3.8, 4) is 0 Å². The minimum atomic E-state index is -0.255. The summed E-state index contributed by atoms with van der Waals surface area (Å²) in [4.78, 5) is 16.7. The minimum absolute atomic E-state index is 0.255. The molecule has 1 fully saturated rings. The number of amides is 1. The average molecular weight is 401 g/mol. The lowest BCUT2D eigenvalue weighted by atomic mass is 10.2. The zero-order chi connectivity index (χ0) is 19.8. The Kier molecular flexibility index (Phi) is 7.42. The van der Waals surface area contributed by atoms with Crippen molar-refractivity contribution < 1.29 is 9.21 Å². The number of carbonyl (C=O) groups is 1. The number of anilines is 1. The first-order valence-corrected chi connectivity index (χ1v) is 11.0. The number of thioether (sulfide) groups is 1. The van der Waals surface area contributed by atoms with Crippen LogP contribution in [0.4, 0.5) is 5.69 Å².